The van der Waals surface area contributed by atoms with Crippen molar-refractivity contribution in [3.63, 3.8) is 0 Å². The molecule has 0 aliphatic heterocycles. The minimum absolute atomic E-state index is 0.470. The molecule has 0 amide bonds. The second-order valence-electron chi connectivity index (χ2n) is 4.18. The zero-order valence-corrected chi connectivity index (χ0v) is 9.98. The Morgan fingerprint density at radius 3 is 2.75 bits per heavy atom. The maximum atomic E-state index is 6.01. The van der Waals surface area contributed by atoms with Crippen LogP contribution in [0.2, 0.25) is 0 Å². The van der Waals surface area contributed by atoms with Crippen LogP contribution in [0.5, 0.6) is 0 Å². The lowest BCUT2D eigenvalue weighted by Gasteiger charge is -2.18. The van der Waals surface area contributed by atoms with E-state index in [9.17, 15) is 0 Å². The molecular formula is C13H19N3. The van der Waals surface area contributed by atoms with Crippen LogP contribution in [0.4, 0.5) is 5.95 Å². The molecule has 2 aromatic rings. The van der Waals surface area contributed by atoms with Crippen molar-refractivity contribution in [3.05, 3.63) is 24.3 Å². The highest BCUT2D eigenvalue weighted by Gasteiger charge is 2.14. The molecule has 2 N–H and O–H groups in total. The van der Waals surface area contributed by atoms with Crippen LogP contribution in [0, 0.1) is 0 Å². The van der Waals surface area contributed by atoms with Gasteiger partial charge in [0.05, 0.1) is 11.0 Å². The van der Waals surface area contributed by atoms with Crippen LogP contribution in [0.25, 0.3) is 11.0 Å². The number of rotatable bonds is 4. The first-order valence-corrected chi connectivity index (χ1v) is 6.00. The van der Waals surface area contributed by atoms with Gasteiger partial charge in [-0.2, -0.15) is 0 Å². The molecule has 1 atom stereocenters. The Hall–Kier alpha value is -1.51. The average molecular weight is 217 g/mol. The smallest absolute Gasteiger partial charge is 0.201 e. The Balaban J connectivity index is 2.53. The lowest BCUT2D eigenvalue weighted by molar-refractivity contribution is 0.463. The van der Waals surface area contributed by atoms with Gasteiger partial charge in [0.25, 0.3) is 0 Å². The number of hydrogen-bond acceptors (Lipinski definition) is 2. The molecule has 0 saturated carbocycles. The van der Waals surface area contributed by atoms with E-state index in [2.05, 4.69) is 29.5 Å². The standard InChI is InChI=1S/C13H19N3/c1-3-7-10(4-2)16-12-9-6-5-8-11(12)15-13(16)14/h5-6,8-10H,3-4,7H2,1-2H3,(H2,14,15). The molecule has 86 valence electrons. The van der Waals surface area contributed by atoms with Crippen LogP contribution in [-0.2, 0) is 0 Å². The van der Waals surface area contributed by atoms with Gasteiger partial charge in [-0.05, 0) is 25.0 Å². The maximum Gasteiger partial charge on any atom is 0.201 e. The van der Waals surface area contributed by atoms with Gasteiger partial charge in [-0.15, -0.1) is 0 Å². The molecule has 16 heavy (non-hydrogen) atoms. The fourth-order valence-electron chi connectivity index (χ4n) is 2.30. The summed E-state index contributed by atoms with van der Waals surface area (Å²) in [5.41, 5.74) is 8.16. The minimum atomic E-state index is 0.470. The molecule has 0 radical (unpaired) electrons. The molecule has 1 heterocycles. The Kier molecular flexibility index (Phi) is 3.13. The molecule has 0 fully saturated rings. The van der Waals surface area contributed by atoms with Crippen molar-refractivity contribution < 1.29 is 0 Å². The molecule has 0 spiro atoms. The van der Waals surface area contributed by atoms with E-state index < -0.39 is 0 Å². The van der Waals surface area contributed by atoms with Gasteiger partial charge >= 0.3 is 0 Å². The van der Waals surface area contributed by atoms with Crippen molar-refractivity contribution in [3.8, 4) is 0 Å². The van der Waals surface area contributed by atoms with E-state index in [1.807, 2.05) is 18.2 Å². The fraction of sp³-hybridized carbons (Fsp3) is 0.462. The first-order valence-electron chi connectivity index (χ1n) is 6.00. The normalized spacial score (nSPS) is 13.1. The van der Waals surface area contributed by atoms with Gasteiger partial charge in [-0.3, -0.25) is 0 Å². The van der Waals surface area contributed by atoms with Crippen LogP contribution in [0.1, 0.15) is 39.2 Å². The average Bonchev–Trinajstić information content (AvgIpc) is 2.62. The van der Waals surface area contributed by atoms with E-state index in [4.69, 9.17) is 5.73 Å². The summed E-state index contributed by atoms with van der Waals surface area (Å²) in [6.45, 7) is 4.41. The number of aromatic nitrogens is 2. The number of nitrogen functional groups attached to an aromatic ring is 1. The molecule has 2 rings (SSSR count). The Bertz CT molecular complexity index is 473. The first-order chi connectivity index (χ1) is 7.77. The van der Waals surface area contributed by atoms with Crippen LogP contribution >= 0.6 is 0 Å². The Morgan fingerprint density at radius 2 is 2.06 bits per heavy atom. The minimum Gasteiger partial charge on any atom is -0.369 e. The van der Waals surface area contributed by atoms with Crippen LogP contribution in [0.15, 0.2) is 24.3 Å². The van der Waals surface area contributed by atoms with Gasteiger partial charge in [0.2, 0.25) is 5.95 Å². The van der Waals surface area contributed by atoms with E-state index in [0.29, 0.717) is 12.0 Å². The molecular weight excluding hydrogens is 198 g/mol. The zero-order chi connectivity index (χ0) is 11.5. The molecule has 3 heteroatoms. The van der Waals surface area contributed by atoms with Gasteiger partial charge in [0.1, 0.15) is 0 Å². The Labute approximate surface area is 96.3 Å². The Morgan fingerprint density at radius 1 is 1.31 bits per heavy atom. The van der Waals surface area contributed by atoms with Gasteiger partial charge in [-0.1, -0.05) is 32.4 Å². The summed E-state index contributed by atoms with van der Waals surface area (Å²) in [5.74, 6) is 0.640. The maximum absolute atomic E-state index is 6.01. The number of nitrogens with zero attached hydrogens (tertiary/aromatic N) is 2. The van der Waals surface area contributed by atoms with Crippen molar-refractivity contribution in [2.75, 3.05) is 5.73 Å². The molecule has 1 aromatic carbocycles. The third-order valence-corrected chi connectivity index (χ3v) is 3.08. The predicted molar refractivity (Wildman–Crippen MR) is 68.4 cm³/mol. The van der Waals surface area contributed by atoms with Gasteiger partial charge in [-0.25, -0.2) is 4.98 Å². The number of nitrogens with two attached hydrogens (primary N) is 1. The summed E-state index contributed by atoms with van der Waals surface area (Å²) in [7, 11) is 0. The number of fused-ring (bicyclic) bond motifs is 1. The first kappa shape index (κ1) is 11.0. The molecule has 0 aliphatic rings. The third kappa shape index (κ3) is 1.77. The lowest BCUT2D eigenvalue weighted by Crippen LogP contribution is -2.10. The van der Waals surface area contributed by atoms with E-state index in [1.165, 1.54) is 6.42 Å². The lowest BCUT2D eigenvalue weighted by atomic mass is 10.1. The van der Waals surface area contributed by atoms with Crippen molar-refractivity contribution in [1.29, 1.82) is 0 Å². The highest BCUT2D eigenvalue weighted by molar-refractivity contribution is 5.78. The summed E-state index contributed by atoms with van der Waals surface area (Å²) in [6, 6.07) is 8.62. The van der Waals surface area contributed by atoms with Crippen molar-refractivity contribution in [1.82, 2.24) is 9.55 Å². The molecule has 3 nitrogen and oxygen atoms in total. The monoisotopic (exact) mass is 217 g/mol. The third-order valence-electron chi connectivity index (χ3n) is 3.08. The number of para-hydroxylation sites is 2. The summed E-state index contributed by atoms with van der Waals surface area (Å²) in [6.07, 6.45) is 3.42. The number of imidazole rings is 1. The molecule has 0 saturated heterocycles. The van der Waals surface area contributed by atoms with Crippen molar-refractivity contribution in [2.45, 2.75) is 39.2 Å². The van der Waals surface area contributed by atoms with Crippen molar-refractivity contribution >= 4 is 17.0 Å². The summed E-state index contributed by atoms with van der Waals surface area (Å²) >= 11 is 0. The molecule has 1 unspecified atom stereocenters. The predicted octanol–water partition coefficient (Wildman–Crippen LogP) is 3.37. The largest absolute Gasteiger partial charge is 0.369 e. The molecule has 1 aromatic heterocycles. The second kappa shape index (κ2) is 4.56. The van der Waals surface area contributed by atoms with Gasteiger partial charge < -0.3 is 10.3 Å². The molecule has 0 aliphatic carbocycles. The highest BCUT2D eigenvalue weighted by Crippen LogP contribution is 2.27. The number of anilines is 1. The van der Waals surface area contributed by atoms with Gasteiger partial charge in [0.15, 0.2) is 0 Å². The van der Waals surface area contributed by atoms with E-state index in [0.717, 1.165) is 23.9 Å². The van der Waals surface area contributed by atoms with Crippen LogP contribution in [-0.4, -0.2) is 9.55 Å². The van der Waals surface area contributed by atoms with E-state index in [1.54, 1.807) is 0 Å². The zero-order valence-electron chi connectivity index (χ0n) is 9.98. The highest BCUT2D eigenvalue weighted by atomic mass is 15.2. The van der Waals surface area contributed by atoms with Crippen LogP contribution < -0.4 is 5.73 Å². The van der Waals surface area contributed by atoms with E-state index in [-0.39, 0.29) is 0 Å². The summed E-state index contributed by atoms with van der Waals surface area (Å²) in [5, 5.41) is 0. The molecule has 0 bridgehead atoms. The van der Waals surface area contributed by atoms with E-state index >= 15 is 0 Å². The summed E-state index contributed by atoms with van der Waals surface area (Å²) in [4.78, 5) is 4.40. The summed E-state index contributed by atoms with van der Waals surface area (Å²) < 4.78 is 2.18. The quantitative estimate of drug-likeness (QED) is 0.853. The van der Waals surface area contributed by atoms with Gasteiger partial charge in [0, 0.05) is 6.04 Å². The second-order valence-corrected chi connectivity index (χ2v) is 4.18. The SMILES string of the molecule is CCCC(CC)n1c(N)nc2ccccc21. The van der Waals surface area contributed by atoms with Crippen LogP contribution in [0.3, 0.4) is 0 Å². The topological polar surface area (TPSA) is 43.8 Å². The fourth-order valence-corrected chi connectivity index (χ4v) is 2.30. The number of benzene rings is 1. The van der Waals surface area contributed by atoms with Crippen molar-refractivity contribution in [2.24, 2.45) is 0 Å². The number of hydrogen-bond donors (Lipinski definition) is 1.